The summed E-state index contributed by atoms with van der Waals surface area (Å²) in [6.07, 6.45) is 5.08. The molecule has 4 aromatic heterocycles. The summed E-state index contributed by atoms with van der Waals surface area (Å²) in [5.41, 5.74) is 2.03. The zero-order valence-electron chi connectivity index (χ0n) is 15.9. The normalized spacial score (nSPS) is 11.0. The molecule has 1 aromatic carbocycles. The summed E-state index contributed by atoms with van der Waals surface area (Å²) in [5.74, 6) is 1.44. The highest BCUT2D eigenvalue weighted by atomic mass is 35.5. The first-order valence-electron chi connectivity index (χ1n) is 9.25. The van der Waals surface area contributed by atoms with Crippen molar-refractivity contribution in [2.75, 3.05) is 0 Å². The van der Waals surface area contributed by atoms with E-state index in [0.29, 0.717) is 44.0 Å². The van der Waals surface area contributed by atoms with Crippen LogP contribution >= 0.6 is 23.4 Å². The second-order valence-electron chi connectivity index (χ2n) is 6.60. The van der Waals surface area contributed by atoms with E-state index in [0.717, 1.165) is 11.3 Å². The molecular weight excluding hydrogens is 432 g/mol. The van der Waals surface area contributed by atoms with Gasteiger partial charge in [0.25, 0.3) is 0 Å². The van der Waals surface area contributed by atoms with Crippen LogP contribution < -0.4 is 0 Å². The highest BCUT2D eigenvalue weighted by Crippen LogP contribution is 2.32. The maximum atomic E-state index is 9.61. The molecule has 0 saturated carbocycles. The summed E-state index contributed by atoms with van der Waals surface area (Å²) in [6.45, 7) is 0.445. The van der Waals surface area contributed by atoms with Crippen LogP contribution in [0.1, 0.15) is 11.3 Å². The van der Waals surface area contributed by atoms with E-state index in [1.165, 1.54) is 11.8 Å². The van der Waals surface area contributed by atoms with E-state index in [9.17, 15) is 5.26 Å². The van der Waals surface area contributed by atoms with E-state index in [2.05, 4.69) is 26.2 Å². The third-order valence-corrected chi connectivity index (χ3v) is 5.73. The van der Waals surface area contributed by atoms with Crippen LogP contribution in [0.25, 0.3) is 22.3 Å². The summed E-state index contributed by atoms with van der Waals surface area (Å²) in [7, 11) is 0. The molecule has 0 spiro atoms. The lowest BCUT2D eigenvalue weighted by Gasteiger charge is -2.09. The second-order valence-corrected chi connectivity index (χ2v) is 8.02. The van der Waals surface area contributed by atoms with Gasteiger partial charge in [-0.3, -0.25) is 9.55 Å². The average Bonchev–Trinajstić information content (AvgIpc) is 3.45. The maximum Gasteiger partial charge on any atom is 0.198 e. The number of hydrogen-bond donors (Lipinski definition) is 0. The summed E-state index contributed by atoms with van der Waals surface area (Å²) in [4.78, 5) is 8.86. The van der Waals surface area contributed by atoms with Gasteiger partial charge < -0.3 is 4.42 Å². The Hall–Kier alpha value is -3.67. The lowest BCUT2D eigenvalue weighted by molar-refractivity contribution is 0.485. The average molecular weight is 445 g/mol. The molecule has 5 rings (SSSR count). The van der Waals surface area contributed by atoms with Crippen molar-refractivity contribution in [2.24, 2.45) is 0 Å². The molecule has 0 aliphatic carbocycles. The minimum absolute atomic E-state index is 0.445. The Morgan fingerprint density at radius 1 is 1.13 bits per heavy atom. The summed E-state index contributed by atoms with van der Waals surface area (Å²) in [5, 5.41) is 20.9. The summed E-state index contributed by atoms with van der Waals surface area (Å²) >= 11 is 7.42. The number of fused-ring (bicyclic) bond motifs is 1. The molecule has 0 amide bonds. The topological polar surface area (TPSA) is 93.4 Å². The lowest BCUT2D eigenvalue weighted by Crippen LogP contribution is -2.03. The van der Waals surface area contributed by atoms with E-state index < -0.39 is 0 Å². The van der Waals surface area contributed by atoms with Crippen molar-refractivity contribution in [3.8, 4) is 17.5 Å². The zero-order valence-corrected chi connectivity index (χ0v) is 17.5. The van der Waals surface area contributed by atoms with Crippen LogP contribution in [0, 0.1) is 11.3 Å². The van der Waals surface area contributed by atoms with Gasteiger partial charge >= 0.3 is 0 Å². The molecule has 4 heterocycles. The monoisotopic (exact) mass is 444 g/mol. The second kappa shape index (κ2) is 8.22. The first kappa shape index (κ1) is 19.3. The van der Waals surface area contributed by atoms with Gasteiger partial charge in [-0.25, -0.2) is 4.98 Å². The SMILES string of the molecule is N#Cc1cc(Sc2nnc(-c3cccnc3)n2Cc2ccco2)nc2ccc(Cl)cc12. The van der Waals surface area contributed by atoms with E-state index >= 15 is 0 Å². The molecule has 150 valence electrons. The van der Waals surface area contributed by atoms with Crippen molar-refractivity contribution in [1.82, 2.24) is 24.7 Å². The van der Waals surface area contributed by atoms with Crippen LogP contribution in [0.15, 0.2) is 81.8 Å². The van der Waals surface area contributed by atoms with Crippen LogP contribution in [0.2, 0.25) is 5.02 Å². The van der Waals surface area contributed by atoms with E-state index in [4.69, 9.17) is 16.0 Å². The van der Waals surface area contributed by atoms with Gasteiger partial charge in [0.15, 0.2) is 11.0 Å². The Kier molecular flexibility index (Phi) is 5.12. The Bertz CT molecular complexity index is 1410. The number of nitrogens with zero attached hydrogens (tertiary/aromatic N) is 6. The molecule has 0 radical (unpaired) electrons. The predicted octanol–water partition coefficient (Wildman–Crippen LogP) is 5.21. The number of furan rings is 1. The van der Waals surface area contributed by atoms with Crippen molar-refractivity contribution in [2.45, 2.75) is 16.7 Å². The lowest BCUT2D eigenvalue weighted by atomic mass is 10.1. The summed E-state index contributed by atoms with van der Waals surface area (Å²) in [6, 6.07) is 16.8. The van der Waals surface area contributed by atoms with Crippen molar-refractivity contribution < 1.29 is 4.42 Å². The Balaban J connectivity index is 1.58. The predicted molar refractivity (Wildman–Crippen MR) is 117 cm³/mol. The highest BCUT2D eigenvalue weighted by molar-refractivity contribution is 7.99. The third kappa shape index (κ3) is 3.89. The number of benzene rings is 1. The van der Waals surface area contributed by atoms with Gasteiger partial charge in [0.2, 0.25) is 0 Å². The smallest absolute Gasteiger partial charge is 0.198 e. The van der Waals surface area contributed by atoms with Crippen molar-refractivity contribution in [3.63, 3.8) is 0 Å². The fourth-order valence-corrected chi connectivity index (χ4v) is 4.21. The van der Waals surface area contributed by atoms with Crippen LogP contribution in [0.3, 0.4) is 0 Å². The minimum atomic E-state index is 0.445. The van der Waals surface area contributed by atoms with E-state index in [1.54, 1.807) is 42.9 Å². The molecule has 0 fully saturated rings. The quantitative estimate of drug-likeness (QED) is 0.367. The number of halogens is 1. The van der Waals surface area contributed by atoms with Crippen molar-refractivity contribution >= 4 is 34.3 Å². The van der Waals surface area contributed by atoms with Crippen LogP contribution in [-0.4, -0.2) is 24.7 Å². The van der Waals surface area contributed by atoms with Crippen molar-refractivity contribution in [1.29, 1.82) is 5.26 Å². The Morgan fingerprint density at radius 2 is 2.06 bits per heavy atom. The van der Waals surface area contributed by atoms with Gasteiger partial charge in [-0.2, -0.15) is 5.26 Å². The number of aromatic nitrogens is 5. The largest absolute Gasteiger partial charge is 0.467 e. The fourth-order valence-electron chi connectivity index (χ4n) is 3.19. The molecule has 0 aliphatic rings. The molecule has 0 bridgehead atoms. The van der Waals surface area contributed by atoms with E-state index in [-0.39, 0.29) is 0 Å². The van der Waals surface area contributed by atoms with Gasteiger partial charge in [-0.1, -0.05) is 11.6 Å². The van der Waals surface area contributed by atoms with Crippen molar-refractivity contribution in [3.05, 3.63) is 83.5 Å². The molecule has 0 atom stereocenters. The van der Waals surface area contributed by atoms with Gasteiger partial charge in [0, 0.05) is 28.4 Å². The number of hydrogen-bond acceptors (Lipinski definition) is 7. The van der Waals surface area contributed by atoms with Crippen LogP contribution in [0.5, 0.6) is 0 Å². The first-order chi connectivity index (χ1) is 15.2. The first-order valence-corrected chi connectivity index (χ1v) is 10.4. The number of pyridine rings is 2. The molecule has 9 heteroatoms. The molecule has 0 N–H and O–H groups in total. The Morgan fingerprint density at radius 3 is 2.84 bits per heavy atom. The third-order valence-electron chi connectivity index (χ3n) is 4.59. The van der Waals surface area contributed by atoms with Gasteiger partial charge in [-0.05, 0) is 60.3 Å². The Labute approximate surface area is 186 Å². The number of nitriles is 1. The molecule has 5 aromatic rings. The summed E-state index contributed by atoms with van der Waals surface area (Å²) < 4.78 is 7.48. The standard InChI is InChI=1S/C22H13ClN6OS/c23-16-5-6-19-18(10-16)15(11-24)9-20(26-19)31-22-28-27-21(14-3-1-7-25-12-14)29(22)13-17-4-2-8-30-17/h1-10,12H,13H2. The molecule has 0 aliphatic heterocycles. The van der Waals surface area contributed by atoms with E-state index in [1.807, 2.05) is 28.8 Å². The highest BCUT2D eigenvalue weighted by Gasteiger charge is 2.18. The van der Waals surface area contributed by atoms with Crippen LogP contribution in [0.4, 0.5) is 0 Å². The fraction of sp³-hybridized carbons (Fsp3) is 0.0455. The molecule has 31 heavy (non-hydrogen) atoms. The van der Waals surface area contributed by atoms with Gasteiger partial charge in [-0.15, -0.1) is 10.2 Å². The zero-order chi connectivity index (χ0) is 21.2. The minimum Gasteiger partial charge on any atom is -0.467 e. The molecular formula is C22H13ClN6OS. The molecule has 7 nitrogen and oxygen atoms in total. The maximum absolute atomic E-state index is 9.61. The van der Waals surface area contributed by atoms with Gasteiger partial charge in [0.05, 0.1) is 30.0 Å². The molecule has 0 unspecified atom stereocenters. The van der Waals surface area contributed by atoms with Gasteiger partial charge in [0.1, 0.15) is 10.8 Å². The number of rotatable bonds is 5. The van der Waals surface area contributed by atoms with Crippen LogP contribution in [-0.2, 0) is 6.54 Å². The molecule has 0 saturated heterocycles.